The minimum atomic E-state index is 0.574. The second-order valence-electron chi connectivity index (χ2n) is 2.05. The molecule has 0 amide bonds. The summed E-state index contributed by atoms with van der Waals surface area (Å²) in [5, 5.41) is 11.0. The number of hydrogen-bond donors (Lipinski definition) is 1. The normalized spacial score (nSPS) is 11.9. The zero-order valence-electron chi connectivity index (χ0n) is 6.30. The Kier molecular flexibility index (Phi) is 2.53. The molecule has 6 heteroatoms. The Labute approximate surface area is 64.1 Å². The molecule has 0 saturated carbocycles. The van der Waals surface area contributed by atoms with Gasteiger partial charge in [-0.1, -0.05) is 0 Å². The molecule has 1 aromatic rings. The van der Waals surface area contributed by atoms with E-state index in [0.717, 1.165) is 0 Å². The lowest BCUT2D eigenvalue weighted by atomic mass is 10.6. The van der Waals surface area contributed by atoms with E-state index in [2.05, 4.69) is 20.4 Å². The molecule has 1 aromatic heterocycles. The molecule has 0 saturated heterocycles. The van der Waals surface area contributed by atoms with Crippen LogP contribution < -0.4 is 5.73 Å². The van der Waals surface area contributed by atoms with Gasteiger partial charge in [0.15, 0.2) is 6.33 Å². The molecule has 0 aliphatic carbocycles. The van der Waals surface area contributed by atoms with E-state index in [1.54, 1.807) is 6.92 Å². The van der Waals surface area contributed by atoms with Crippen molar-refractivity contribution in [3.63, 3.8) is 0 Å². The van der Waals surface area contributed by atoms with Gasteiger partial charge in [-0.3, -0.25) is 4.99 Å². The molecule has 0 aliphatic heterocycles. The van der Waals surface area contributed by atoms with Crippen molar-refractivity contribution in [3.05, 3.63) is 6.33 Å². The zero-order chi connectivity index (χ0) is 8.10. The second kappa shape index (κ2) is 3.65. The monoisotopic (exact) mass is 154 g/mol. The van der Waals surface area contributed by atoms with Crippen molar-refractivity contribution in [1.82, 2.24) is 20.2 Å². The lowest BCUT2D eigenvalue weighted by molar-refractivity contribution is 0.531. The van der Waals surface area contributed by atoms with Crippen molar-refractivity contribution in [2.45, 2.75) is 13.5 Å². The average molecular weight is 154 g/mol. The number of aliphatic imine (C=N–C) groups is 1. The first-order valence-electron chi connectivity index (χ1n) is 3.26. The quantitative estimate of drug-likeness (QED) is 0.449. The van der Waals surface area contributed by atoms with Gasteiger partial charge >= 0.3 is 0 Å². The summed E-state index contributed by atoms with van der Waals surface area (Å²) in [6, 6.07) is 0. The summed E-state index contributed by atoms with van der Waals surface area (Å²) in [4.78, 5) is 5.43. The van der Waals surface area contributed by atoms with E-state index in [-0.39, 0.29) is 0 Å². The van der Waals surface area contributed by atoms with Crippen molar-refractivity contribution >= 4 is 5.84 Å². The lowest BCUT2D eigenvalue weighted by Crippen LogP contribution is -2.10. The van der Waals surface area contributed by atoms with Crippen molar-refractivity contribution < 1.29 is 0 Å². The summed E-state index contributed by atoms with van der Waals surface area (Å²) in [6.45, 7) is 2.96. The van der Waals surface area contributed by atoms with Gasteiger partial charge in [0.05, 0.1) is 18.9 Å². The van der Waals surface area contributed by atoms with E-state index in [0.29, 0.717) is 18.9 Å². The molecule has 60 valence electrons. The molecule has 6 nitrogen and oxygen atoms in total. The largest absolute Gasteiger partial charge is 0.388 e. The minimum absolute atomic E-state index is 0.574. The maximum Gasteiger partial charge on any atom is 0.162 e. The predicted octanol–water partition coefficient (Wildman–Crippen LogP) is -0.950. The number of tetrazole rings is 1. The molecule has 0 bridgehead atoms. The van der Waals surface area contributed by atoms with Crippen LogP contribution in [0.2, 0.25) is 0 Å². The number of rotatable bonds is 3. The highest BCUT2D eigenvalue weighted by Gasteiger charge is 1.89. The van der Waals surface area contributed by atoms with E-state index in [9.17, 15) is 0 Å². The summed E-state index contributed by atoms with van der Waals surface area (Å²) >= 11 is 0. The van der Waals surface area contributed by atoms with Crippen LogP contribution in [0.3, 0.4) is 0 Å². The molecule has 11 heavy (non-hydrogen) atoms. The predicted molar refractivity (Wildman–Crippen MR) is 40.0 cm³/mol. The van der Waals surface area contributed by atoms with Crippen molar-refractivity contribution in [3.8, 4) is 0 Å². The molecule has 0 aliphatic rings. The fraction of sp³-hybridized carbons (Fsp3) is 0.600. The number of amidine groups is 1. The molecule has 0 spiro atoms. The Morgan fingerprint density at radius 1 is 1.73 bits per heavy atom. The van der Waals surface area contributed by atoms with Crippen LogP contribution in [-0.2, 0) is 6.54 Å². The van der Waals surface area contributed by atoms with Gasteiger partial charge in [-0.25, -0.2) is 0 Å². The molecular formula is C5H10N6. The SMILES string of the molecule is CC(N)=NCCn1ncnn1. The van der Waals surface area contributed by atoms with Crippen LogP contribution in [-0.4, -0.2) is 32.6 Å². The first-order valence-corrected chi connectivity index (χ1v) is 3.26. The van der Waals surface area contributed by atoms with Crippen molar-refractivity contribution in [2.24, 2.45) is 10.7 Å². The van der Waals surface area contributed by atoms with E-state index >= 15 is 0 Å². The summed E-state index contributed by atoms with van der Waals surface area (Å²) in [5.74, 6) is 0.574. The Balaban J connectivity index is 2.30. The molecule has 2 N–H and O–H groups in total. The number of hydrogen-bond acceptors (Lipinski definition) is 4. The highest BCUT2D eigenvalue weighted by Crippen LogP contribution is 1.77. The van der Waals surface area contributed by atoms with Crippen LogP contribution in [0, 0.1) is 0 Å². The zero-order valence-corrected chi connectivity index (χ0v) is 6.30. The maximum absolute atomic E-state index is 5.32. The van der Waals surface area contributed by atoms with E-state index in [4.69, 9.17) is 5.73 Å². The number of nitrogens with two attached hydrogens (primary N) is 1. The van der Waals surface area contributed by atoms with Gasteiger partial charge in [-0.15, -0.1) is 10.2 Å². The summed E-state index contributed by atoms with van der Waals surface area (Å²) in [5.41, 5.74) is 5.32. The molecule has 1 rings (SSSR count). The summed E-state index contributed by atoms with van der Waals surface area (Å²) in [7, 11) is 0. The highest BCUT2D eigenvalue weighted by atomic mass is 15.6. The Morgan fingerprint density at radius 3 is 3.09 bits per heavy atom. The van der Waals surface area contributed by atoms with Gasteiger partial charge in [-0.2, -0.15) is 4.80 Å². The first-order chi connectivity index (χ1) is 5.29. The fourth-order valence-electron chi connectivity index (χ4n) is 0.607. The van der Waals surface area contributed by atoms with Crippen LogP contribution >= 0.6 is 0 Å². The third-order valence-electron chi connectivity index (χ3n) is 1.05. The van der Waals surface area contributed by atoms with Crippen LogP contribution in [0.1, 0.15) is 6.92 Å². The minimum Gasteiger partial charge on any atom is -0.388 e. The Hall–Kier alpha value is -1.46. The van der Waals surface area contributed by atoms with Gasteiger partial charge in [0.1, 0.15) is 0 Å². The van der Waals surface area contributed by atoms with Gasteiger partial charge in [0.25, 0.3) is 0 Å². The standard InChI is InChI=1S/C5H10N6/c1-5(6)7-2-3-11-9-4-8-10-11/h4H,2-3H2,1H3,(H2,6,7). The molecule has 1 heterocycles. The Bertz CT molecular complexity index is 221. The maximum atomic E-state index is 5.32. The fourth-order valence-corrected chi connectivity index (χ4v) is 0.607. The molecule has 0 unspecified atom stereocenters. The van der Waals surface area contributed by atoms with Crippen LogP contribution in [0.15, 0.2) is 11.3 Å². The third-order valence-corrected chi connectivity index (χ3v) is 1.05. The smallest absolute Gasteiger partial charge is 0.162 e. The van der Waals surface area contributed by atoms with E-state index < -0.39 is 0 Å². The summed E-state index contributed by atoms with van der Waals surface area (Å²) < 4.78 is 0. The van der Waals surface area contributed by atoms with Crippen LogP contribution in [0.25, 0.3) is 0 Å². The van der Waals surface area contributed by atoms with Crippen LogP contribution in [0.4, 0.5) is 0 Å². The molecule has 0 aromatic carbocycles. The van der Waals surface area contributed by atoms with E-state index in [1.165, 1.54) is 11.1 Å². The molecule has 0 atom stereocenters. The van der Waals surface area contributed by atoms with Crippen LogP contribution in [0.5, 0.6) is 0 Å². The molecule has 0 fully saturated rings. The lowest BCUT2D eigenvalue weighted by Gasteiger charge is -1.93. The van der Waals surface area contributed by atoms with Gasteiger partial charge in [0.2, 0.25) is 0 Å². The highest BCUT2D eigenvalue weighted by molar-refractivity contribution is 5.77. The Morgan fingerprint density at radius 2 is 2.55 bits per heavy atom. The van der Waals surface area contributed by atoms with E-state index in [1.807, 2.05) is 0 Å². The average Bonchev–Trinajstić information content (AvgIpc) is 2.39. The van der Waals surface area contributed by atoms with Crippen molar-refractivity contribution in [2.75, 3.05) is 6.54 Å². The number of nitrogens with zero attached hydrogens (tertiary/aromatic N) is 5. The van der Waals surface area contributed by atoms with Gasteiger partial charge < -0.3 is 5.73 Å². The third kappa shape index (κ3) is 2.74. The first kappa shape index (κ1) is 7.64. The van der Waals surface area contributed by atoms with Gasteiger partial charge in [-0.05, 0) is 12.1 Å². The van der Waals surface area contributed by atoms with Crippen molar-refractivity contribution in [1.29, 1.82) is 0 Å². The molecule has 0 radical (unpaired) electrons. The second-order valence-corrected chi connectivity index (χ2v) is 2.05. The summed E-state index contributed by atoms with van der Waals surface area (Å²) in [6.07, 6.45) is 1.39. The van der Waals surface area contributed by atoms with Gasteiger partial charge in [0, 0.05) is 0 Å². The number of aromatic nitrogens is 4. The molecular weight excluding hydrogens is 144 g/mol. The topological polar surface area (TPSA) is 82.0 Å².